The third-order valence-corrected chi connectivity index (χ3v) is 4.13. The minimum Gasteiger partial charge on any atom is -0.328 e. The van der Waals surface area contributed by atoms with Crippen molar-refractivity contribution in [1.82, 2.24) is 9.80 Å². The standard InChI is InChI=1S/C15H23N3O/c1-11-7-5-6-8-12(11)13-9-18(14(19)17(13)4)15(2,3)10-16/h5-8,13H,9-10,16H2,1-4H3. The van der Waals surface area contributed by atoms with Crippen LogP contribution in [0.2, 0.25) is 0 Å². The van der Waals surface area contributed by atoms with E-state index in [2.05, 4.69) is 19.1 Å². The zero-order chi connectivity index (χ0) is 14.2. The van der Waals surface area contributed by atoms with Crippen LogP contribution >= 0.6 is 0 Å². The molecule has 1 aromatic carbocycles. The van der Waals surface area contributed by atoms with E-state index in [4.69, 9.17) is 5.73 Å². The second-order valence-electron chi connectivity index (χ2n) is 5.89. The van der Waals surface area contributed by atoms with Crippen LogP contribution < -0.4 is 5.73 Å². The first-order valence-corrected chi connectivity index (χ1v) is 6.68. The van der Waals surface area contributed by atoms with Crippen LogP contribution in [-0.2, 0) is 0 Å². The summed E-state index contributed by atoms with van der Waals surface area (Å²) < 4.78 is 0. The number of rotatable bonds is 3. The van der Waals surface area contributed by atoms with Crippen molar-refractivity contribution in [1.29, 1.82) is 0 Å². The molecule has 2 N–H and O–H groups in total. The minimum atomic E-state index is -0.303. The Morgan fingerprint density at radius 3 is 2.58 bits per heavy atom. The van der Waals surface area contributed by atoms with Crippen LogP contribution in [-0.4, -0.2) is 41.5 Å². The Morgan fingerprint density at radius 2 is 2.00 bits per heavy atom. The molecular weight excluding hydrogens is 238 g/mol. The normalized spacial score (nSPS) is 20.3. The summed E-state index contributed by atoms with van der Waals surface area (Å²) in [5.41, 5.74) is 7.93. The highest BCUT2D eigenvalue weighted by atomic mass is 16.2. The van der Waals surface area contributed by atoms with Crippen molar-refractivity contribution in [2.75, 3.05) is 20.1 Å². The predicted molar refractivity (Wildman–Crippen MR) is 76.9 cm³/mol. The molecule has 1 fully saturated rings. The Morgan fingerprint density at radius 1 is 1.37 bits per heavy atom. The Kier molecular flexibility index (Phi) is 3.54. The molecular formula is C15H23N3O. The molecule has 2 rings (SSSR count). The monoisotopic (exact) mass is 261 g/mol. The summed E-state index contributed by atoms with van der Waals surface area (Å²) in [5, 5.41) is 0. The largest absolute Gasteiger partial charge is 0.328 e. The van der Waals surface area contributed by atoms with Gasteiger partial charge in [-0.3, -0.25) is 0 Å². The molecule has 1 aliphatic rings. The number of hydrogen-bond donors (Lipinski definition) is 1. The molecule has 2 amide bonds. The lowest BCUT2D eigenvalue weighted by Crippen LogP contribution is -2.50. The first-order chi connectivity index (χ1) is 8.88. The fourth-order valence-electron chi connectivity index (χ4n) is 2.58. The van der Waals surface area contributed by atoms with Crippen molar-refractivity contribution in [2.45, 2.75) is 32.4 Å². The number of amides is 2. The maximum atomic E-state index is 12.4. The number of carbonyl (C=O) groups is 1. The van der Waals surface area contributed by atoms with Gasteiger partial charge in [0, 0.05) is 20.1 Å². The van der Waals surface area contributed by atoms with E-state index in [0.717, 1.165) is 0 Å². The highest BCUT2D eigenvalue weighted by Gasteiger charge is 2.42. The van der Waals surface area contributed by atoms with Crippen molar-refractivity contribution >= 4 is 6.03 Å². The lowest BCUT2D eigenvalue weighted by Gasteiger charge is -2.33. The van der Waals surface area contributed by atoms with Crippen molar-refractivity contribution in [2.24, 2.45) is 5.73 Å². The van der Waals surface area contributed by atoms with Gasteiger partial charge in [-0.25, -0.2) is 4.79 Å². The Bertz CT molecular complexity index is 484. The summed E-state index contributed by atoms with van der Waals surface area (Å²) in [6.07, 6.45) is 0. The number of nitrogens with two attached hydrogens (primary N) is 1. The first-order valence-electron chi connectivity index (χ1n) is 6.68. The van der Waals surface area contributed by atoms with Gasteiger partial charge in [0.05, 0.1) is 11.6 Å². The Labute approximate surface area is 115 Å². The van der Waals surface area contributed by atoms with Crippen LogP contribution in [0.5, 0.6) is 0 Å². The molecule has 0 aliphatic carbocycles. The van der Waals surface area contributed by atoms with E-state index >= 15 is 0 Å². The smallest absolute Gasteiger partial charge is 0.320 e. The number of benzene rings is 1. The van der Waals surface area contributed by atoms with E-state index in [1.165, 1.54) is 11.1 Å². The molecule has 0 saturated carbocycles. The number of nitrogens with zero attached hydrogens (tertiary/aromatic N) is 2. The number of likely N-dealkylation sites (N-methyl/N-ethyl adjacent to an activating group) is 1. The van der Waals surface area contributed by atoms with Gasteiger partial charge in [0.15, 0.2) is 0 Å². The molecule has 4 heteroatoms. The summed E-state index contributed by atoms with van der Waals surface area (Å²) in [4.78, 5) is 16.1. The van der Waals surface area contributed by atoms with Gasteiger partial charge in [0.2, 0.25) is 0 Å². The van der Waals surface area contributed by atoms with Gasteiger partial charge in [-0.2, -0.15) is 0 Å². The summed E-state index contributed by atoms with van der Waals surface area (Å²) in [5.74, 6) is 0. The summed E-state index contributed by atoms with van der Waals surface area (Å²) >= 11 is 0. The van der Waals surface area contributed by atoms with Crippen LogP contribution in [0.15, 0.2) is 24.3 Å². The van der Waals surface area contributed by atoms with Crippen molar-refractivity contribution in [3.63, 3.8) is 0 Å². The fourth-order valence-corrected chi connectivity index (χ4v) is 2.58. The van der Waals surface area contributed by atoms with E-state index in [1.54, 1.807) is 0 Å². The lowest BCUT2D eigenvalue weighted by atomic mass is 9.99. The molecule has 1 saturated heterocycles. The van der Waals surface area contributed by atoms with Gasteiger partial charge in [0.25, 0.3) is 0 Å². The van der Waals surface area contributed by atoms with E-state index in [9.17, 15) is 4.79 Å². The van der Waals surface area contributed by atoms with E-state index < -0.39 is 0 Å². The molecule has 0 bridgehead atoms. The van der Waals surface area contributed by atoms with Crippen molar-refractivity contribution in [3.8, 4) is 0 Å². The highest BCUT2D eigenvalue weighted by Crippen LogP contribution is 2.33. The molecule has 1 aromatic rings. The van der Waals surface area contributed by atoms with Crippen LogP contribution in [0.1, 0.15) is 31.0 Å². The summed E-state index contributed by atoms with van der Waals surface area (Å²) in [7, 11) is 1.87. The van der Waals surface area contributed by atoms with Crippen LogP contribution in [0, 0.1) is 6.92 Å². The highest BCUT2D eigenvalue weighted by molar-refractivity contribution is 5.78. The van der Waals surface area contributed by atoms with E-state index in [1.807, 2.05) is 42.8 Å². The number of hydrogen-bond acceptors (Lipinski definition) is 2. The molecule has 0 spiro atoms. The molecule has 1 heterocycles. The van der Waals surface area contributed by atoms with Gasteiger partial charge in [-0.15, -0.1) is 0 Å². The number of carbonyl (C=O) groups excluding carboxylic acids is 1. The van der Waals surface area contributed by atoms with Crippen LogP contribution in [0.3, 0.4) is 0 Å². The molecule has 19 heavy (non-hydrogen) atoms. The average molecular weight is 261 g/mol. The fraction of sp³-hybridized carbons (Fsp3) is 0.533. The topological polar surface area (TPSA) is 49.6 Å². The second-order valence-corrected chi connectivity index (χ2v) is 5.89. The van der Waals surface area contributed by atoms with Crippen LogP contribution in [0.25, 0.3) is 0 Å². The van der Waals surface area contributed by atoms with Crippen molar-refractivity contribution in [3.05, 3.63) is 35.4 Å². The van der Waals surface area contributed by atoms with E-state index in [-0.39, 0.29) is 17.6 Å². The summed E-state index contributed by atoms with van der Waals surface area (Å²) in [6, 6.07) is 8.41. The predicted octanol–water partition coefficient (Wildman–Crippen LogP) is 2.14. The zero-order valence-corrected chi connectivity index (χ0v) is 12.2. The zero-order valence-electron chi connectivity index (χ0n) is 12.2. The third-order valence-electron chi connectivity index (χ3n) is 4.13. The maximum Gasteiger partial charge on any atom is 0.320 e. The second kappa shape index (κ2) is 4.85. The molecule has 1 unspecified atom stereocenters. The van der Waals surface area contributed by atoms with E-state index in [0.29, 0.717) is 13.1 Å². The van der Waals surface area contributed by atoms with Gasteiger partial charge in [0.1, 0.15) is 0 Å². The SMILES string of the molecule is Cc1ccccc1C1CN(C(C)(C)CN)C(=O)N1C. The minimum absolute atomic E-state index is 0.0590. The van der Waals surface area contributed by atoms with Gasteiger partial charge < -0.3 is 15.5 Å². The Balaban J connectivity index is 2.32. The van der Waals surface area contributed by atoms with Crippen LogP contribution in [0.4, 0.5) is 4.79 Å². The molecule has 1 aliphatic heterocycles. The van der Waals surface area contributed by atoms with Gasteiger partial charge in [-0.05, 0) is 31.9 Å². The molecule has 104 valence electrons. The summed E-state index contributed by atoms with van der Waals surface area (Å²) in [6.45, 7) is 7.28. The average Bonchev–Trinajstić information content (AvgIpc) is 2.68. The Hall–Kier alpha value is -1.55. The quantitative estimate of drug-likeness (QED) is 0.906. The van der Waals surface area contributed by atoms with Gasteiger partial charge >= 0.3 is 6.03 Å². The number of urea groups is 1. The van der Waals surface area contributed by atoms with Gasteiger partial charge in [-0.1, -0.05) is 24.3 Å². The molecule has 4 nitrogen and oxygen atoms in total. The molecule has 1 atom stereocenters. The lowest BCUT2D eigenvalue weighted by molar-refractivity contribution is 0.154. The van der Waals surface area contributed by atoms with Crippen molar-refractivity contribution < 1.29 is 4.79 Å². The molecule has 0 aromatic heterocycles. The molecule has 0 radical (unpaired) electrons. The third kappa shape index (κ3) is 2.32. The first kappa shape index (κ1) is 13.9. The maximum absolute atomic E-state index is 12.4. The number of aryl methyl sites for hydroxylation is 1.